The van der Waals surface area contributed by atoms with E-state index in [-0.39, 0.29) is 42.7 Å². The van der Waals surface area contributed by atoms with Crippen LogP contribution in [0.1, 0.15) is 114 Å². The number of aliphatic carboxylic acids is 1. The van der Waals surface area contributed by atoms with Crippen LogP contribution in [-0.4, -0.2) is 149 Å². The molecule has 0 saturated heterocycles. The Labute approximate surface area is 477 Å². The van der Waals surface area contributed by atoms with Gasteiger partial charge in [0.2, 0.25) is 30.1 Å². The first-order valence-corrected chi connectivity index (χ1v) is 32.5. The number of nitrogens with two attached hydrogens (primary N) is 3. The molecular formula is C54H71N15O10S3. The quantitative estimate of drug-likeness (QED) is 0.117. The third-order valence-electron chi connectivity index (χ3n) is 15.7. The Hall–Kier alpha value is -7.37. The summed E-state index contributed by atoms with van der Waals surface area (Å²) < 4.78 is 76.8. The van der Waals surface area contributed by atoms with Gasteiger partial charge < -0.3 is 38.3 Å². The normalized spacial score (nSPS) is 19.5. The van der Waals surface area contributed by atoms with Gasteiger partial charge in [-0.05, 0) is 94.2 Å². The number of aromatic amines is 1. The minimum Gasteiger partial charge on any atom is -0.481 e. The van der Waals surface area contributed by atoms with E-state index >= 15 is 0 Å². The summed E-state index contributed by atoms with van der Waals surface area (Å²) in [6.07, 6.45) is 7.10. The van der Waals surface area contributed by atoms with Crippen molar-refractivity contribution in [3.05, 3.63) is 122 Å². The number of anilines is 6. The van der Waals surface area contributed by atoms with Gasteiger partial charge in [0.15, 0.2) is 0 Å². The van der Waals surface area contributed by atoms with Crippen molar-refractivity contribution in [3.8, 4) is 0 Å². The summed E-state index contributed by atoms with van der Waals surface area (Å²) in [5, 5.41) is 34.2. The van der Waals surface area contributed by atoms with E-state index in [0.717, 1.165) is 79.4 Å². The summed E-state index contributed by atoms with van der Waals surface area (Å²) in [4.78, 5) is 37.6. The fourth-order valence-corrected chi connectivity index (χ4v) is 13.7. The van der Waals surface area contributed by atoms with Crippen molar-refractivity contribution in [2.75, 3.05) is 91.2 Å². The molecule has 3 unspecified atom stereocenters. The van der Waals surface area contributed by atoms with Crippen LogP contribution in [0.2, 0.25) is 0 Å². The fraction of sp³-hybridized carbons (Fsp3) is 0.444. The minimum atomic E-state index is -3.35. The van der Waals surface area contributed by atoms with Crippen molar-refractivity contribution in [1.82, 2.24) is 42.7 Å². The van der Waals surface area contributed by atoms with Crippen LogP contribution >= 0.6 is 0 Å². The molecule has 3 atom stereocenters. The summed E-state index contributed by atoms with van der Waals surface area (Å²) in [6.45, 7) is 9.92. The molecule has 12 rings (SSSR count). The summed E-state index contributed by atoms with van der Waals surface area (Å²) >= 11 is 0. The van der Waals surface area contributed by atoms with Crippen LogP contribution in [0.25, 0.3) is 0 Å². The number of benzene rings is 3. The standard InChI is InChI=1S/2C18H23N5O3S.C11H13NO2.C7H12N4O2S/c1-11-3-4-15-14(9-11)12(5-7-20-15)18(24)23-16-10-22(27(2,25)26)8-6-13(16)17(19)21-23;1-11-3-4-15-14(9-11)12(5-7-20-15)18(24)23-17(19)13-6-8-22(27(2,25)26)10-16(13)21-23;1-7-2-3-10-9(6-7)8(11(13)14)4-5-12-10;1-14(12,13)11-3-2-5-6(4-11)9-10-7(5)8/h3-4,9,12,20H,5-8,10H2,1-2H3,(H2,19,21);3-4,9,12,20H,5-8,10,19H2,1-2H3;2-3,6,8,12H,4-5H2,1H3,(H,13,14);2-4H2,1H3,(H3,8,9,10). The van der Waals surface area contributed by atoms with E-state index in [0.29, 0.717) is 107 Å². The molecule has 9 heterocycles. The molecule has 0 saturated carbocycles. The highest BCUT2D eigenvalue weighted by atomic mass is 32.2. The van der Waals surface area contributed by atoms with Gasteiger partial charge in [-0.2, -0.15) is 27.8 Å². The molecule has 3 aromatic carbocycles. The molecule has 0 bridgehead atoms. The minimum absolute atomic E-state index is 0.121. The van der Waals surface area contributed by atoms with E-state index < -0.39 is 36.0 Å². The van der Waals surface area contributed by atoms with Gasteiger partial charge in [0, 0.05) is 73.0 Å². The van der Waals surface area contributed by atoms with Gasteiger partial charge in [-0.25, -0.2) is 29.9 Å². The number of nitrogens with zero attached hydrogens (tertiary/aromatic N) is 8. The highest BCUT2D eigenvalue weighted by Crippen LogP contribution is 2.38. The molecule has 0 amide bonds. The highest BCUT2D eigenvalue weighted by molar-refractivity contribution is 7.88. The number of carbonyl (C=O) groups excluding carboxylic acids is 2. The molecule has 440 valence electrons. The van der Waals surface area contributed by atoms with Gasteiger partial charge in [-0.15, -0.1) is 5.10 Å². The number of carboxylic acids is 1. The van der Waals surface area contributed by atoms with Crippen LogP contribution in [-0.2, 0) is 73.8 Å². The topological polar surface area (TPSA) is 362 Å². The number of nitrogen functional groups attached to an aromatic ring is 3. The molecule has 3 aromatic heterocycles. The molecule has 11 N–H and O–H groups in total. The van der Waals surface area contributed by atoms with E-state index in [4.69, 9.17) is 22.3 Å². The fourth-order valence-electron chi connectivity index (χ4n) is 11.3. The second-order valence-electron chi connectivity index (χ2n) is 21.6. The molecule has 82 heavy (non-hydrogen) atoms. The summed E-state index contributed by atoms with van der Waals surface area (Å²) in [6, 6.07) is 18.0. The number of carbonyl (C=O) groups is 3. The molecule has 0 radical (unpaired) electrons. The Kier molecular flexibility index (Phi) is 17.0. The van der Waals surface area contributed by atoms with Gasteiger partial charge in [-0.3, -0.25) is 19.5 Å². The molecular weight excluding hydrogens is 1110 g/mol. The number of hydrogen-bond donors (Lipinski definition) is 8. The van der Waals surface area contributed by atoms with Crippen LogP contribution in [0.4, 0.5) is 34.5 Å². The van der Waals surface area contributed by atoms with E-state index in [1.54, 1.807) is 0 Å². The first-order chi connectivity index (χ1) is 38.7. The highest BCUT2D eigenvalue weighted by Gasteiger charge is 2.37. The third-order valence-corrected chi connectivity index (χ3v) is 19.5. The second-order valence-corrected chi connectivity index (χ2v) is 27.6. The summed E-state index contributed by atoms with van der Waals surface area (Å²) in [5.74, 6) is -0.930. The number of hydrogen-bond acceptors (Lipinski definition) is 18. The molecule has 0 spiro atoms. The smallest absolute Gasteiger partial charge is 0.311 e. The average Bonchev–Trinajstić information content (AvgIpc) is 3.03. The largest absolute Gasteiger partial charge is 0.481 e. The number of nitrogens with one attached hydrogen (secondary N) is 4. The molecule has 0 aliphatic carbocycles. The first-order valence-electron chi connectivity index (χ1n) is 26.9. The van der Waals surface area contributed by atoms with Gasteiger partial charge in [0.1, 0.15) is 17.5 Å². The van der Waals surface area contributed by atoms with Crippen molar-refractivity contribution in [1.29, 1.82) is 0 Å². The van der Waals surface area contributed by atoms with Crippen molar-refractivity contribution < 1.29 is 44.7 Å². The Balaban J connectivity index is 0.000000138. The number of aryl methyl sites for hydroxylation is 3. The lowest BCUT2D eigenvalue weighted by Gasteiger charge is -2.28. The lowest BCUT2D eigenvalue weighted by molar-refractivity contribution is -0.139. The predicted octanol–water partition coefficient (Wildman–Crippen LogP) is 3.95. The van der Waals surface area contributed by atoms with E-state index in [1.165, 1.54) is 41.0 Å². The monoisotopic (exact) mass is 1190 g/mol. The van der Waals surface area contributed by atoms with Gasteiger partial charge in [0.05, 0.1) is 73.2 Å². The Bertz CT molecular complexity index is 3820. The van der Waals surface area contributed by atoms with E-state index in [2.05, 4.69) is 36.3 Å². The van der Waals surface area contributed by atoms with Gasteiger partial charge in [-0.1, -0.05) is 53.1 Å². The SMILES string of the molecule is CS(=O)(=O)N1CCc2c(N)n[nH]c2C1.Cc1ccc2c(c1)C(C(=O)O)CCN2.Cc1ccc2c(c1)C(C(=O)n1nc(N)c3c1CN(S(C)(=O)=O)CC3)CCN2.Cc1ccc2c(c1)C(C(=O)n1nc3c(c1N)CCN(S(C)(=O)=O)C3)CCN2. The van der Waals surface area contributed by atoms with E-state index in [9.17, 15) is 39.6 Å². The Morgan fingerprint density at radius 1 is 0.549 bits per heavy atom. The number of fused-ring (bicyclic) bond motifs is 6. The zero-order chi connectivity index (χ0) is 59.2. The van der Waals surface area contributed by atoms with E-state index in [1.807, 2.05) is 75.4 Å². The maximum absolute atomic E-state index is 13.4. The predicted molar refractivity (Wildman–Crippen MR) is 313 cm³/mol. The average molecular weight is 1190 g/mol. The van der Waals surface area contributed by atoms with Crippen LogP contribution in [0, 0.1) is 20.8 Å². The maximum Gasteiger partial charge on any atom is 0.311 e. The van der Waals surface area contributed by atoms with Crippen LogP contribution in [0.3, 0.4) is 0 Å². The first kappa shape index (κ1) is 59.3. The van der Waals surface area contributed by atoms with Crippen molar-refractivity contribution in [2.45, 2.75) is 96.7 Å². The molecule has 6 aliphatic heterocycles. The molecule has 25 nitrogen and oxygen atoms in total. The second kappa shape index (κ2) is 23.5. The Morgan fingerprint density at radius 2 is 0.976 bits per heavy atom. The molecule has 28 heteroatoms. The van der Waals surface area contributed by atoms with Crippen LogP contribution < -0.4 is 33.2 Å². The maximum atomic E-state index is 13.4. The summed E-state index contributed by atoms with van der Waals surface area (Å²) in [5.41, 5.74) is 31.3. The van der Waals surface area contributed by atoms with Crippen molar-refractivity contribution in [2.24, 2.45) is 0 Å². The lowest BCUT2D eigenvalue weighted by Crippen LogP contribution is -2.37. The van der Waals surface area contributed by atoms with Crippen molar-refractivity contribution >= 4 is 82.4 Å². The van der Waals surface area contributed by atoms with Gasteiger partial charge >= 0.3 is 5.97 Å². The molecule has 6 aliphatic rings. The van der Waals surface area contributed by atoms with Crippen molar-refractivity contribution in [3.63, 3.8) is 0 Å². The summed E-state index contributed by atoms with van der Waals surface area (Å²) in [7, 11) is -9.77. The number of aromatic nitrogens is 6. The number of sulfonamides is 3. The molecule has 0 fully saturated rings. The molecule has 6 aromatic rings. The zero-order valence-corrected chi connectivity index (χ0v) is 49.1. The number of rotatable bonds is 6. The number of carboxylic acid groups (broad SMARTS) is 1. The van der Waals surface area contributed by atoms with Crippen LogP contribution in [0.5, 0.6) is 0 Å². The van der Waals surface area contributed by atoms with Gasteiger partial charge in [0.25, 0.3) is 11.8 Å². The van der Waals surface area contributed by atoms with Crippen LogP contribution in [0.15, 0.2) is 54.6 Å². The lowest BCUT2D eigenvalue weighted by atomic mass is 9.89. The zero-order valence-electron chi connectivity index (χ0n) is 46.7. The number of H-pyrrole nitrogens is 1. The Morgan fingerprint density at radius 3 is 1.46 bits per heavy atom. The third kappa shape index (κ3) is 12.7.